The molecule has 2 heterocycles. The van der Waals surface area contributed by atoms with Gasteiger partial charge in [0.25, 0.3) is 0 Å². The number of nitrogens with zero attached hydrogens (tertiary/aromatic N) is 3. The molecule has 20 heavy (non-hydrogen) atoms. The van der Waals surface area contributed by atoms with Crippen LogP contribution in [0.25, 0.3) is 11.0 Å². The predicted octanol–water partition coefficient (Wildman–Crippen LogP) is 1.27. The van der Waals surface area contributed by atoms with Gasteiger partial charge in [0.2, 0.25) is 5.91 Å². The van der Waals surface area contributed by atoms with Crippen LogP contribution in [0.15, 0.2) is 30.6 Å². The van der Waals surface area contributed by atoms with E-state index in [2.05, 4.69) is 4.98 Å². The highest BCUT2D eigenvalue weighted by Gasteiger charge is 2.29. The molecule has 1 amide bonds. The number of para-hydroxylation sites is 2. The fraction of sp³-hybridized carbons (Fsp3) is 0.467. The Hall–Kier alpha value is -1.88. The summed E-state index contributed by atoms with van der Waals surface area (Å²) in [5, 5.41) is 9.60. The molecule has 5 heteroatoms. The van der Waals surface area contributed by atoms with Gasteiger partial charge in [-0.2, -0.15) is 0 Å². The lowest BCUT2D eigenvalue weighted by Crippen LogP contribution is -2.33. The summed E-state index contributed by atoms with van der Waals surface area (Å²) in [4.78, 5) is 18.5. The fourth-order valence-corrected chi connectivity index (χ4v) is 2.79. The number of benzene rings is 1. The molecule has 1 aliphatic rings. The molecule has 2 atom stereocenters. The van der Waals surface area contributed by atoms with Crippen LogP contribution in [0.2, 0.25) is 0 Å². The molecule has 1 fully saturated rings. The lowest BCUT2D eigenvalue weighted by Gasteiger charge is -2.18. The summed E-state index contributed by atoms with van der Waals surface area (Å²) in [6.45, 7) is 3.50. The van der Waals surface area contributed by atoms with Crippen LogP contribution in [0.1, 0.15) is 13.3 Å². The topological polar surface area (TPSA) is 58.4 Å². The van der Waals surface area contributed by atoms with E-state index in [-0.39, 0.29) is 17.9 Å². The lowest BCUT2D eigenvalue weighted by molar-refractivity contribution is -0.130. The molecule has 5 nitrogen and oxygen atoms in total. The minimum absolute atomic E-state index is 0.0938. The third-order valence-electron chi connectivity index (χ3n) is 4.09. The molecule has 1 saturated heterocycles. The lowest BCUT2D eigenvalue weighted by atomic mass is 10.0. The van der Waals surface area contributed by atoms with Gasteiger partial charge in [-0.05, 0) is 25.5 Å². The quantitative estimate of drug-likeness (QED) is 0.916. The Kier molecular flexibility index (Phi) is 3.44. The van der Waals surface area contributed by atoms with Gasteiger partial charge >= 0.3 is 0 Å². The molecule has 106 valence electrons. The molecule has 1 aromatic carbocycles. The number of imidazole rings is 1. The van der Waals surface area contributed by atoms with E-state index < -0.39 is 0 Å². The summed E-state index contributed by atoms with van der Waals surface area (Å²) in [5.41, 5.74) is 1.88. The Labute approximate surface area is 117 Å². The van der Waals surface area contributed by atoms with E-state index in [0.717, 1.165) is 24.0 Å². The summed E-state index contributed by atoms with van der Waals surface area (Å²) in [5.74, 6) is 0.301. The van der Waals surface area contributed by atoms with Gasteiger partial charge in [0.1, 0.15) is 6.54 Å². The molecule has 1 aliphatic heterocycles. The Morgan fingerprint density at radius 3 is 3.05 bits per heavy atom. The standard InChI is InChI=1S/C15H19N3O2/c1-11(19)12-6-7-17(8-12)15(20)9-18-10-16-13-4-2-3-5-14(13)18/h2-5,10-12,19H,6-9H2,1H3. The Morgan fingerprint density at radius 2 is 2.30 bits per heavy atom. The number of aliphatic hydroxyl groups is 1. The van der Waals surface area contributed by atoms with Crippen molar-refractivity contribution in [3.05, 3.63) is 30.6 Å². The molecule has 2 aromatic rings. The highest BCUT2D eigenvalue weighted by Crippen LogP contribution is 2.20. The maximum Gasteiger partial charge on any atom is 0.242 e. The van der Waals surface area contributed by atoms with Gasteiger partial charge in [-0.3, -0.25) is 4.79 Å². The molecule has 2 unspecified atom stereocenters. The van der Waals surface area contributed by atoms with Crippen LogP contribution in [0.5, 0.6) is 0 Å². The van der Waals surface area contributed by atoms with Gasteiger partial charge in [-0.25, -0.2) is 4.98 Å². The van der Waals surface area contributed by atoms with Crippen molar-refractivity contribution in [2.75, 3.05) is 13.1 Å². The van der Waals surface area contributed by atoms with Crippen LogP contribution in [-0.2, 0) is 11.3 Å². The number of aromatic nitrogens is 2. The van der Waals surface area contributed by atoms with E-state index in [9.17, 15) is 9.90 Å². The number of hydrogen-bond donors (Lipinski definition) is 1. The third-order valence-corrected chi connectivity index (χ3v) is 4.09. The SMILES string of the molecule is CC(O)C1CCN(C(=O)Cn2cnc3ccccc32)C1. The molecular formula is C15H19N3O2. The van der Waals surface area contributed by atoms with E-state index in [1.807, 2.05) is 33.7 Å². The zero-order valence-corrected chi connectivity index (χ0v) is 11.6. The predicted molar refractivity (Wildman–Crippen MR) is 76.1 cm³/mol. The number of aliphatic hydroxyl groups excluding tert-OH is 1. The first-order valence-electron chi connectivity index (χ1n) is 7.01. The summed E-state index contributed by atoms with van der Waals surface area (Å²) in [6.07, 6.45) is 2.25. The second kappa shape index (κ2) is 5.25. The Bertz CT molecular complexity index is 620. The van der Waals surface area contributed by atoms with Gasteiger partial charge < -0.3 is 14.6 Å². The van der Waals surface area contributed by atoms with Crippen LogP contribution < -0.4 is 0 Å². The Morgan fingerprint density at radius 1 is 1.50 bits per heavy atom. The van der Waals surface area contributed by atoms with Crippen molar-refractivity contribution < 1.29 is 9.90 Å². The van der Waals surface area contributed by atoms with Crippen molar-refractivity contribution in [2.45, 2.75) is 26.0 Å². The van der Waals surface area contributed by atoms with Gasteiger partial charge in [0, 0.05) is 19.0 Å². The van der Waals surface area contributed by atoms with Crippen LogP contribution in [0.4, 0.5) is 0 Å². The normalized spacial score (nSPS) is 20.5. The zero-order chi connectivity index (χ0) is 14.1. The average molecular weight is 273 g/mol. The number of hydrogen-bond acceptors (Lipinski definition) is 3. The molecular weight excluding hydrogens is 254 g/mol. The summed E-state index contributed by atoms with van der Waals surface area (Å²) >= 11 is 0. The fourth-order valence-electron chi connectivity index (χ4n) is 2.79. The van der Waals surface area contributed by atoms with E-state index in [1.165, 1.54) is 0 Å². The van der Waals surface area contributed by atoms with Crippen molar-refractivity contribution in [3.8, 4) is 0 Å². The maximum absolute atomic E-state index is 12.3. The summed E-state index contributed by atoms with van der Waals surface area (Å²) < 4.78 is 1.88. The minimum atomic E-state index is -0.345. The number of carbonyl (C=O) groups excluding carboxylic acids is 1. The highest BCUT2D eigenvalue weighted by molar-refractivity contribution is 5.80. The van der Waals surface area contributed by atoms with Gasteiger partial charge in [-0.15, -0.1) is 0 Å². The van der Waals surface area contributed by atoms with Crippen LogP contribution in [0.3, 0.4) is 0 Å². The average Bonchev–Trinajstić information content (AvgIpc) is 3.06. The largest absolute Gasteiger partial charge is 0.393 e. The molecule has 0 spiro atoms. The first kappa shape index (κ1) is 13.1. The molecule has 3 rings (SSSR count). The monoisotopic (exact) mass is 273 g/mol. The number of amides is 1. The minimum Gasteiger partial charge on any atom is -0.393 e. The summed E-state index contributed by atoms with van der Waals surface area (Å²) in [6, 6.07) is 7.80. The number of fused-ring (bicyclic) bond motifs is 1. The van der Waals surface area contributed by atoms with Crippen LogP contribution in [-0.4, -0.2) is 44.7 Å². The van der Waals surface area contributed by atoms with Crippen LogP contribution in [0, 0.1) is 5.92 Å². The number of likely N-dealkylation sites (tertiary alicyclic amines) is 1. The van der Waals surface area contributed by atoms with E-state index in [0.29, 0.717) is 13.1 Å². The number of rotatable bonds is 3. The van der Waals surface area contributed by atoms with Crippen LogP contribution >= 0.6 is 0 Å². The first-order valence-corrected chi connectivity index (χ1v) is 7.01. The smallest absolute Gasteiger partial charge is 0.242 e. The van der Waals surface area contributed by atoms with E-state index >= 15 is 0 Å². The summed E-state index contributed by atoms with van der Waals surface area (Å²) in [7, 11) is 0. The van der Waals surface area contributed by atoms with E-state index in [4.69, 9.17) is 0 Å². The molecule has 1 aromatic heterocycles. The second-order valence-corrected chi connectivity index (χ2v) is 5.49. The molecule has 0 aliphatic carbocycles. The first-order chi connectivity index (χ1) is 9.65. The number of carbonyl (C=O) groups is 1. The maximum atomic E-state index is 12.3. The Balaban J connectivity index is 1.70. The van der Waals surface area contributed by atoms with Gasteiger partial charge in [0.15, 0.2) is 0 Å². The molecule has 0 saturated carbocycles. The second-order valence-electron chi connectivity index (χ2n) is 5.49. The van der Waals surface area contributed by atoms with Crippen molar-refractivity contribution in [1.29, 1.82) is 0 Å². The zero-order valence-electron chi connectivity index (χ0n) is 11.6. The van der Waals surface area contributed by atoms with Crippen molar-refractivity contribution in [1.82, 2.24) is 14.5 Å². The van der Waals surface area contributed by atoms with Gasteiger partial charge in [-0.1, -0.05) is 12.1 Å². The van der Waals surface area contributed by atoms with Crippen molar-refractivity contribution in [2.24, 2.45) is 5.92 Å². The van der Waals surface area contributed by atoms with Gasteiger partial charge in [0.05, 0.1) is 23.5 Å². The van der Waals surface area contributed by atoms with E-state index in [1.54, 1.807) is 13.3 Å². The highest BCUT2D eigenvalue weighted by atomic mass is 16.3. The van der Waals surface area contributed by atoms with Crippen molar-refractivity contribution in [3.63, 3.8) is 0 Å². The third kappa shape index (κ3) is 2.41. The molecule has 1 N–H and O–H groups in total. The molecule has 0 radical (unpaired) electrons. The molecule has 0 bridgehead atoms. The van der Waals surface area contributed by atoms with Crippen molar-refractivity contribution >= 4 is 16.9 Å².